The Hall–Kier alpha value is -3.10. The number of rotatable bonds is 15. The van der Waals surface area contributed by atoms with E-state index in [1.54, 1.807) is 0 Å². The summed E-state index contributed by atoms with van der Waals surface area (Å²) in [4.78, 5) is 0. The first-order chi connectivity index (χ1) is 22.7. The van der Waals surface area contributed by atoms with Crippen LogP contribution in [0.3, 0.4) is 0 Å². The molecule has 0 bridgehead atoms. The van der Waals surface area contributed by atoms with E-state index in [2.05, 4.69) is 131 Å². The minimum Gasteiger partial charge on any atom is -0.411 e. The summed E-state index contributed by atoms with van der Waals surface area (Å²) < 4.78 is 34.4. The highest BCUT2D eigenvalue weighted by Crippen LogP contribution is 2.42. The summed E-state index contributed by atoms with van der Waals surface area (Å²) in [6.45, 7) is 14.0. The zero-order chi connectivity index (χ0) is 33.1. The average Bonchev–Trinajstić information content (AvgIpc) is 3.07. The van der Waals surface area contributed by atoms with E-state index >= 15 is 0 Å². The first-order valence-electron chi connectivity index (χ1n) is 17.0. The fourth-order valence-electron chi connectivity index (χ4n) is 5.89. The Bertz CT molecular complexity index is 1440. The third kappa shape index (κ3) is 10.2. The highest BCUT2D eigenvalue weighted by atomic mass is 28.4. The van der Waals surface area contributed by atoms with Crippen LogP contribution in [0, 0.1) is 5.92 Å². The van der Waals surface area contributed by atoms with Crippen LogP contribution in [0.1, 0.15) is 49.4 Å². The molecule has 47 heavy (non-hydrogen) atoms. The van der Waals surface area contributed by atoms with Gasteiger partial charge in [-0.05, 0) is 46.8 Å². The predicted octanol–water partition coefficient (Wildman–Crippen LogP) is 9.37. The van der Waals surface area contributed by atoms with Gasteiger partial charge in [0.05, 0.1) is 45.2 Å². The first kappa shape index (κ1) is 35.2. The molecule has 6 heteroatoms. The maximum atomic E-state index is 7.26. The normalized spacial score (nSPS) is 21.9. The van der Waals surface area contributed by atoms with Crippen molar-refractivity contribution < 1.29 is 23.4 Å². The van der Waals surface area contributed by atoms with Crippen LogP contribution in [0.2, 0.25) is 18.1 Å². The van der Waals surface area contributed by atoms with Gasteiger partial charge in [0.2, 0.25) is 0 Å². The minimum absolute atomic E-state index is 0.0366. The molecule has 4 aromatic carbocycles. The summed E-state index contributed by atoms with van der Waals surface area (Å²) in [5, 5.41) is 0.0390. The van der Waals surface area contributed by atoms with Crippen molar-refractivity contribution in [3.05, 3.63) is 144 Å². The lowest BCUT2D eigenvalue weighted by atomic mass is 9.80. The van der Waals surface area contributed by atoms with Crippen molar-refractivity contribution in [3.8, 4) is 0 Å². The van der Waals surface area contributed by atoms with E-state index in [9.17, 15) is 0 Å². The molecule has 250 valence electrons. The molecule has 1 aliphatic rings. The van der Waals surface area contributed by atoms with E-state index in [0.717, 1.165) is 28.7 Å². The van der Waals surface area contributed by atoms with Gasteiger partial charge in [-0.1, -0.05) is 142 Å². The highest BCUT2D eigenvalue weighted by Gasteiger charge is 2.51. The van der Waals surface area contributed by atoms with Crippen molar-refractivity contribution in [1.82, 2.24) is 0 Å². The van der Waals surface area contributed by atoms with Gasteiger partial charge in [0.15, 0.2) is 8.32 Å². The standard InChI is InChI=1S/C41H52O5Si/c1-41(2,3)47(4,5)46-37-26-36(31-42-27-32-18-10-6-11-19-32)38(43-28-33-20-12-7-13-21-33)40(45-30-35-24-16-9-17-25-35)39(37)44-29-34-22-14-8-15-23-34/h6-25,36-40H,26-31H2,1-5H3/t36-,37+,38+,39+,40+/m1/s1. The molecule has 0 spiro atoms. The Balaban J connectivity index is 1.48. The lowest BCUT2D eigenvalue weighted by Gasteiger charge is -2.49. The fraction of sp³-hybridized carbons (Fsp3) is 0.415. The maximum absolute atomic E-state index is 7.26. The Labute approximate surface area is 283 Å². The largest absolute Gasteiger partial charge is 0.411 e. The quantitative estimate of drug-likeness (QED) is 0.120. The Morgan fingerprint density at radius 3 is 1.34 bits per heavy atom. The van der Waals surface area contributed by atoms with E-state index in [4.69, 9.17) is 23.4 Å². The molecule has 0 saturated heterocycles. The molecule has 1 fully saturated rings. The lowest BCUT2D eigenvalue weighted by molar-refractivity contribution is -0.222. The van der Waals surface area contributed by atoms with E-state index in [-0.39, 0.29) is 35.4 Å². The summed E-state index contributed by atoms with van der Waals surface area (Å²) in [7, 11) is -2.18. The number of hydrogen-bond acceptors (Lipinski definition) is 5. The van der Waals surface area contributed by atoms with E-state index in [1.807, 2.05) is 24.3 Å². The van der Waals surface area contributed by atoms with Crippen molar-refractivity contribution in [2.75, 3.05) is 6.61 Å². The van der Waals surface area contributed by atoms with Gasteiger partial charge in [-0.15, -0.1) is 0 Å². The van der Waals surface area contributed by atoms with E-state index < -0.39 is 8.32 Å². The summed E-state index contributed by atoms with van der Waals surface area (Å²) in [6.07, 6.45) is -0.404. The molecular weight excluding hydrogens is 601 g/mol. The van der Waals surface area contributed by atoms with Crippen LogP contribution in [0.25, 0.3) is 0 Å². The number of ether oxygens (including phenoxy) is 4. The number of benzene rings is 4. The molecule has 1 aliphatic carbocycles. The van der Waals surface area contributed by atoms with Gasteiger partial charge >= 0.3 is 0 Å². The van der Waals surface area contributed by atoms with Crippen LogP contribution < -0.4 is 0 Å². The molecule has 1 saturated carbocycles. The maximum Gasteiger partial charge on any atom is 0.192 e. The van der Waals surface area contributed by atoms with Gasteiger partial charge in [0, 0.05) is 5.92 Å². The third-order valence-corrected chi connectivity index (χ3v) is 14.1. The molecule has 5 rings (SSSR count). The molecule has 0 aliphatic heterocycles. The molecule has 4 aromatic rings. The van der Waals surface area contributed by atoms with Crippen molar-refractivity contribution >= 4 is 8.32 Å². The molecule has 0 aromatic heterocycles. The van der Waals surface area contributed by atoms with Crippen LogP contribution in [-0.4, -0.2) is 39.3 Å². The second-order valence-electron chi connectivity index (χ2n) is 14.2. The second-order valence-corrected chi connectivity index (χ2v) is 19.0. The first-order valence-corrected chi connectivity index (χ1v) is 19.9. The Morgan fingerprint density at radius 1 is 0.532 bits per heavy atom. The van der Waals surface area contributed by atoms with E-state index in [0.29, 0.717) is 33.0 Å². The van der Waals surface area contributed by atoms with Gasteiger partial charge in [-0.25, -0.2) is 0 Å². The monoisotopic (exact) mass is 652 g/mol. The predicted molar refractivity (Wildman–Crippen MR) is 191 cm³/mol. The summed E-state index contributed by atoms with van der Waals surface area (Å²) >= 11 is 0. The molecule has 0 amide bonds. The van der Waals surface area contributed by atoms with Crippen molar-refractivity contribution in [3.63, 3.8) is 0 Å². The van der Waals surface area contributed by atoms with Gasteiger partial charge in [-0.2, -0.15) is 0 Å². The minimum atomic E-state index is -2.18. The molecule has 0 heterocycles. The molecule has 0 unspecified atom stereocenters. The summed E-state index contributed by atoms with van der Waals surface area (Å²) in [5.74, 6) is 0.0366. The topological polar surface area (TPSA) is 46.2 Å². The zero-order valence-corrected chi connectivity index (χ0v) is 29.7. The highest BCUT2D eigenvalue weighted by molar-refractivity contribution is 6.74. The van der Waals surface area contributed by atoms with Gasteiger partial charge in [0.1, 0.15) is 12.2 Å². The molecular formula is C41H52O5Si. The SMILES string of the molecule is CC(C)(C)[Si](C)(C)O[C@H]1C[C@H](COCc2ccccc2)[C@H](OCc2ccccc2)[C@H](OCc2ccccc2)[C@H]1OCc1ccccc1. The van der Waals surface area contributed by atoms with Crippen LogP contribution >= 0.6 is 0 Å². The molecule has 5 atom stereocenters. The average molecular weight is 653 g/mol. The van der Waals surface area contributed by atoms with Crippen molar-refractivity contribution in [1.29, 1.82) is 0 Å². The Morgan fingerprint density at radius 2 is 0.915 bits per heavy atom. The van der Waals surface area contributed by atoms with Crippen LogP contribution in [0.4, 0.5) is 0 Å². The summed E-state index contributed by atoms with van der Waals surface area (Å²) in [6, 6.07) is 41.4. The van der Waals surface area contributed by atoms with Crippen LogP contribution in [-0.2, 0) is 49.8 Å². The van der Waals surface area contributed by atoms with Gasteiger partial charge < -0.3 is 23.4 Å². The third-order valence-electron chi connectivity index (χ3n) is 9.57. The van der Waals surface area contributed by atoms with Gasteiger partial charge in [0.25, 0.3) is 0 Å². The Kier molecular flexibility index (Phi) is 12.6. The van der Waals surface area contributed by atoms with Crippen molar-refractivity contribution in [2.24, 2.45) is 5.92 Å². The van der Waals surface area contributed by atoms with Crippen LogP contribution in [0.5, 0.6) is 0 Å². The summed E-state index contributed by atoms with van der Waals surface area (Å²) in [5.41, 5.74) is 4.51. The smallest absolute Gasteiger partial charge is 0.192 e. The van der Waals surface area contributed by atoms with E-state index in [1.165, 1.54) is 0 Å². The van der Waals surface area contributed by atoms with Crippen LogP contribution in [0.15, 0.2) is 121 Å². The second kappa shape index (κ2) is 16.8. The molecule has 5 nitrogen and oxygen atoms in total. The molecule has 0 N–H and O–H groups in total. The fourth-order valence-corrected chi connectivity index (χ4v) is 7.23. The van der Waals surface area contributed by atoms with Gasteiger partial charge in [-0.3, -0.25) is 0 Å². The lowest BCUT2D eigenvalue weighted by Crippen LogP contribution is -2.60. The number of hydrogen-bond donors (Lipinski definition) is 0. The molecule has 0 radical (unpaired) electrons. The zero-order valence-electron chi connectivity index (χ0n) is 28.7. The van der Waals surface area contributed by atoms with Crippen molar-refractivity contribution in [2.45, 2.75) is 96.2 Å².